The summed E-state index contributed by atoms with van der Waals surface area (Å²) >= 11 is 0. The zero-order chi connectivity index (χ0) is 9.68. The Balaban J connectivity index is 2.36. The van der Waals surface area contributed by atoms with Crippen molar-refractivity contribution in [1.82, 2.24) is 10.5 Å². The van der Waals surface area contributed by atoms with Crippen molar-refractivity contribution in [3.8, 4) is 0 Å². The number of halogens is 1. The third-order valence-electron chi connectivity index (χ3n) is 1.25. The fourth-order valence-corrected chi connectivity index (χ4v) is 0.747. The number of carbonyl (C=O) groups is 1. The van der Waals surface area contributed by atoms with Gasteiger partial charge in [-0.2, -0.15) is 0 Å². The minimum atomic E-state index is -0.592. The highest BCUT2D eigenvalue weighted by atomic mass is 19.1. The maximum atomic E-state index is 11.6. The van der Waals surface area contributed by atoms with Crippen LogP contribution in [0.3, 0.4) is 0 Å². The molecule has 2 N–H and O–H groups in total. The van der Waals surface area contributed by atoms with Gasteiger partial charge in [-0.3, -0.25) is 5.32 Å². The van der Waals surface area contributed by atoms with Gasteiger partial charge in [0.1, 0.15) is 12.4 Å². The van der Waals surface area contributed by atoms with Gasteiger partial charge in [0.25, 0.3) is 0 Å². The molecular formula is C7H10FN3O2. The first kappa shape index (κ1) is 9.50. The average Bonchev–Trinajstić information content (AvgIpc) is 2.48. The van der Waals surface area contributed by atoms with Crippen LogP contribution in [0.4, 0.5) is 15.0 Å². The number of anilines is 1. The highest BCUT2D eigenvalue weighted by molar-refractivity contribution is 5.88. The molecule has 0 aliphatic carbocycles. The molecule has 1 aromatic heterocycles. The molecule has 13 heavy (non-hydrogen) atoms. The fourth-order valence-electron chi connectivity index (χ4n) is 0.747. The molecule has 1 aromatic rings. The minimum Gasteiger partial charge on any atom is -0.360 e. The number of nitrogens with one attached hydrogen (secondary N) is 2. The first-order valence-electron chi connectivity index (χ1n) is 3.76. The Morgan fingerprint density at radius 2 is 2.54 bits per heavy atom. The van der Waals surface area contributed by atoms with Crippen LogP contribution in [0.1, 0.15) is 5.76 Å². The van der Waals surface area contributed by atoms with Gasteiger partial charge in [-0.15, -0.1) is 0 Å². The summed E-state index contributed by atoms with van der Waals surface area (Å²) in [6.45, 7) is 1.10. The summed E-state index contributed by atoms with van der Waals surface area (Å²) in [6, 6.07) is 1.07. The van der Waals surface area contributed by atoms with Crippen molar-refractivity contribution < 1.29 is 13.7 Å². The summed E-state index contributed by atoms with van der Waals surface area (Å²) in [4.78, 5) is 10.9. The molecule has 5 nitrogen and oxygen atoms in total. The molecule has 0 aliphatic heterocycles. The third kappa shape index (κ3) is 3.10. The highest BCUT2D eigenvalue weighted by Crippen LogP contribution is 2.05. The zero-order valence-electron chi connectivity index (χ0n) is 7.13. The fraction of sp³-hybridized carbons (Fsp3) is 0.429. The van der Waals surface area contributed by atoms with Crippen molar-refractivity contribution in [2.45, 2.75) is 6.92 Å². The third-order valence-corrected chi connectivity index (χ3v) is 1.25. The van der Waals surface area contributed by atoms with Crippen LogP contribution in [0.25, 0.3) is 0 Å². The number of aryl methyl sites for hydroxylation is 1. The van der Waals surface area contributed by atoms with Crippen LogP contribution < -0.4 is 10.6 Å². The normalized spacial score (nSPS) is 9.69. The number of urea groups is 1. The second-order valence-corrected chi connectivity index (χ2v) is 2.39. The standard InChI is InChI=1S/C7H10FN3O2/c1-5-4-6(11-13-5)10-7(12)9-3-2-8/h4H,2-3H2,1H3,(H2,9,10,11,12). The average molecular weight is 187 g/mol. The van der Waals surface area contributed by atoms with Crippen molar-refractivity contribution >= 4 is 11.8 Å². The molecule has 0 bridgehead atoms. The molecule has 0 fully saturated rings. The number of hydrogen-bond donors (Lipinski definition) is 2. The van der Waals surface area contributed by atoms with Gasteiger partial charge in [0.15, 0.2) is 5.82 Å². The summed E-state index contributed by atoms with van der Waals surface area (Å²) in [5.74, 6) is 0.912. The van der Waals surface area contributed by atoms with Crippen molar-refractivity contribution in [2.24, 2.45) is 0 Å². The Bertz CT molecular complexity index is 287. The summed E-state index contributed by atoms with van der Waals surface area (Å²) < 4.78 is 16.3. The Kier molecular flexibility index (Phi) is 3.24. The maximum absolute atomic E-state index is 11.6. The van der Waals surface area contributed by atoms with Crippen LogP contribution in [-0.4, -0.2) is 24.4 Å². The minimum absolute atomic E-state index is 0.0112. The zero-order valence-corrected chi connectivity index (χ0v) is 7.13. The lowest BCUT2D eigenvalue weighted by Gasteiger charge is -2.00. The molecule has 2 amide bonds. The monoisotopic (exact) mass is 187 g/mol. The predicted octanol–water partition coefficient (Wildman–Crippen LogP) is 1.07. The van der Waals surface area contributed by atoms with E-state index in [1.807, 2.05) is 0 Å². The van der Waals surface area contributed by atoms with E-state index in [2.05, 4.69) is 15.8 Å². The number of hydrogen-bond acceptors (Lipinski definition) is 3. The quantitative estimate of drug-likeness (QED) is 0.743. The second kappa shape index (κ2) is 4.44. The van der Waals surface area contributed by atoms with Gasteiger partial charge in [-0.05, 0) is 6.92 Å². The van der Waals surface area contributed by atoms with E-state index in [0.717, 1.165) is 0 Å². The molecule has 0 radical (unpaired) electrons. The van der Waals surface area contributed by atoms with E-state index in [0.29, 0.717) is 11.6 Å². The van der Waals surface area contributed by atoms with Crippen molar-refractivity contribution in [1.29, 1.82) is 0 Å². The number of amides is 2. The maximum Gasteiger partial charge on any atom is 0.320 e. The lowest BCUT2D eigenvalue weighted by molar-refractivity contribution is 0.250. The molecule has 0 spiro atoms. The molecule has 0 aromatic carbocycles. The van der Waals surface area contributed by atoms with Gasteiger partial charge in [-0.25, -0.2) is 9.18 Å². The summed E-state index contributed by atoms with van der Waals surface area (Å²) in [6.07, 6.45) is 0. The van der Waals surface area contributed by atoms with Crippen LogP contribution in [0.5, 0.6) is 0 Å². The number of nitrogens with zero attached hydrogens (tertiary/aromatic N) is 1. The smallest absolute Gasteiger partial charge is 0.320 e. The van der Waals surface area contributed by atoms with E-state index in [9.17, 15) is 9.18 Å². The summed E-state index contributed by atoms with van der Waals surface area (Å²) in [5.41, 5.74) is 0. The first-order valence-corrected chi connectivity index (χ1v) is 3.76. The Morgan fingerprint density at radius 3 is 3.08 bits per heavy atom. The molecule has 0 saturated heterocycles. The Hall–Kier alpha value is -1.59. The van der Waals surface area contributed by atoms with Crippen LogP contribution >= 0.6 is 0 Å². The highest BCUT2D eigenvalue weighted by Gasteiger charge is 2.03. The first-order chi connectivity index (χ1) is 6.22. The molecule has 0 saturated carbocycles. The van der Waals surface area contributed by atoms with E-state index >= 15 is 0 Å². The van der Waals surface area contributed by atoms with Gasteiger partial charge in [0, 0.05) is 12.6 Å². The number of aromatic nitrogens is 1. The number of rotatable bonds is 3. The van der Waals surface area contributed by atoms with E-state index in [1.165, 1.54) is 0 Å². The van der Waals surface area contributed by atoms with E-state index in [1.54, 1.807) is 13.0 Å². The summed E-state index contributed by atoms with van der Waals surface area (Å²) in [7, 11) is 0. The van der Waals surface area contributed by atoms with Crippen LogP contribution in [-0.2, 0) is 0 Å². The van der Waals surface area contributed by atoms with Crippen molar-refractivity contribution in [3.63, 3.8) is 0 Å². The van der Waals surface area contributed by atoms with E-state index in [-0.39, 0.29) is 6.54 Å². The van der Waals surface area contributed by atoms with Crippen LogP contribution in [0, 0.1) is 6.92 Å². The largest absolute Gasteiger partial charge is 0.360 e. The second-order valence-electron chi connectivity index (χ2n) is 2.39. The van der Waals surface area contributed by atoms with Gasteiger partial charge in [-0.1, -0.05) is 5.16 Å². The lowest BCUT2D eigenvalue weighted by Crippen LogP contribution is -2.30. The predicted molar refractivity (Wildman–Crippen MR) is 44.2 cm³/mol. The SMILES string of the molecule is Cc1cc(NC(=O)NCCF)no1. The van der Waals surface area contributed by atoms with Gasteiger partial charge in [0.2, 0.25) is 0 Å². The van der Waals surface area contributed by atoms with Crippen LogP contribution in [0.2, 0.25) is 0 Å². The molecule has 72 valence electrons. The molecule has 1 rings (SSSR count). The molecule has 0 atom stereocenters. The van der Waals surface area contributed by atoms with Gasteiger partial charge >= 0.3 is 6.03 Å². The molecular weight excluding hydrogens is 177 g/mol. The molecule has 0 aliphatic rings. The number of alkyl halides is 1. The lowest BCUT2D eigenvalue weighted by atomic mass is 10.5. The van der Waals surface area contributed by atoms with Crippen LogP contribution in [0.15, 0.2) is 10.6 Å². The van der Waals surface area contributed by atoms with Gasteiger partial charge < -0.3 is 9.84 Å². The van der Waals surface area contributed by atoms with Gasteiger partial charge in [0.05, 0.1) is 0 Å². The Labute approximate surface area is 74.3 Å². The van der Waals surface area contributed by atoms with E-state index in [4.69, 9.17) is 4.52 Å². The van der Waals surface area contributed by atoms with Crippen molar-refractivity contribution in [3.05, 3.63) is 11.8 Å². The summed E-state index contributed by atoms with van der Waals surface area (Å²) in [5, 5.41) is 8.18. The number of carbonyl (C=O) groups excluding carboxylic acids is 1. The molecule has 0 unspecified atom stereocenters. The van der Waals surface area contributed by atoms with Crippen molar-refractivity contribution in [2.75, 3.05) is 18.5 Å². The molecule has 1 heterocycles. The Morgan fingerprint density at radius 1 is 1.77 bits per heavy atom. The van der Waals surface area contributed by atoms with E-state index < -0.39 is 12.7 Å². The topological polar surface area (TPSA) is 67.2 Å². The molecule has 6 heteroatoms.